The van der Waals surface area contributed by atoms with Crippen LogP contribution in [0.2, 0.25) is 0 Å². The van der Waals surface area contributed by atoms with Gasteiger partial charge in [0.1, 0.15) is 17.0 Å². The third kappa shape index (κ3) is 2.78. The molecule has 6 nitrogen and oxygen atoms in total. The molecule has 0 saturated carbocycles. The van der Waals surface area contributed by atoms with Gasteiger partial charge in [0.05, 0.1) is 18.6 Å². The highest BCUT2D eigenvalue weighted by Crippen LogP contribution is 2.40. The van der Waals surface area contributed by atoms with Gasteiger partial charge in [0.25, 0.3) is 5.91 Å². The zero-order chi connectivity index (χ0) is 19.1. The monoisotopic (exact) mass is 382 g/mol. The highest BCUT2D eigenvalue weighted by Gasteiger charge is 2.55. The van der Waals surface area contributed by atoms with Crippen molar-refractivity contribution in [1.29, 1.82) is 0 Å². The van der Waals surface area contributed by atoms with Crippen molar-refractivity contribution in [3.8, 4) is 5.75 Å². The molecular formula is C20H18N2O4S. The fraction of sp³-hybridized carbons (Fsp3) is 0.250. The molecular weight excluding hydrogens is 364 g/mol. The Balaban J connectivity index is 1.77. The van der Waals surface area contributed by atoms with Gasteiger partial charge in [0.2, 0.25) is 11.8 Å². The van der Waals surface area contributed by atoms with E-state index in [0.29, 0.717) is 17.1 Å². The van der Waals surface area contributed by atoms with Crippen LogP contribution in [0.1, 0.15) is 5.56 Å². The molecule has 0 N–H and O–H groups in total. The van der Waals surface area contributed by atoms with Crippen LogP contribution in [-0.4, -0.2) is 41.9 Å². The first-order valence-corrected chi connectivity index (χ1v) is 9.59. The molecule has 3 amide bonds. The summed E-state index contributed by atoms with van der Waals surface area (Å²) in [6.45, 7) is 1.95. The Morgan fingerprint density at radius 1 is 1.00 bits per heavy atom. The molecule has 2 aromatic carbocycles. The topological polar surface area (TPSA) is 66.9 Å². The maximum atomic E-state index is 13.3. The molecule has 0 bridgehead atoms. The molecule has 0 unspecified atom stereocenters. The molecule has 2 saturated heterocycles. The van der Waals surface area contributed by atoms with Crippen LogP contribution in [0.4, 0.5) is 11.4 Å². The molecule has 0 radical (unpaired) electrons. The van der Waals surface area contributed by atoms with E-state index in [1.807, 2.05) is 31.2 Å². The predicted octanol–water partition coefficient (Wildman–Crippen LogP) is 2.39. The summed E-state index contributed by atoms with van der Waals surface area (Å²) in [4.78, 5) is 41.6. The van der Waals surface area contributed by atoms with Crippen LogP contribution in [0.3, 0.4) is 0 Å². The van der Waals surface area contributed by atoms with Crippen molar-refractivity contribution in [2.24, 2.45) is 0 Å². The first-order valence-electron chi connectivity index (χ1n) is 8.54. The number of carbonyl (C=O) groups is 3. The minimum atomic E-state index is -0.851. The van der Waals surface area contributed by atoms with E-state index < -0.39 is 17.2 Å². The molecule has 138 valence electrons. The molecule has 2 aliphatic heterocycles. The molecule has 2 aliphatic rings. The van der Waals surface area contributed by atoms with E-state index in [1.54, 1.807) is 24.3 Å². The average Bonchev–Trinajstić information content (AvgIpc) is 2.93. The predicted molar refractivity (Wildman–Crippen MR) is 104 cm³/mol. The molecule has 2 fully saturated rings. The number of rotatable bonds is 3. The average molecular weight is 382 g/mol. The number of ether oxygens (including phenoxy) is 1. The van der Waals surface area contributed by atoms with Crippen LogP contribution in [0.5, 0.6) is 5.75 Å². The van der Waals surface area contributed by atoms with E-state index in [2.05, 4.69) is 0 Å². The Morgan fingerprint density at radius 2 is 1.70 bits per heavy atom. The normalized spacial score (nSPS) is 22.2. The van der Waals surface area contributed by atoms with Crippen molar-refractivity contribution in [3.05, 3.63) is 54.1 Å². The van der Waals surface area contributed by atoms with Gasteiger partial charge >= 0.3 is 0 Å². The molecule has 0 aromatic heterocycles. The summed E-state index contributed by atoms with van der Waals surface area (Å²) >= 11 is 1.22. The maximum Gasteiger partial charge on any atom is 0.258 e. The highest BCUT2D eigenvalue weighted by molar-refractivity contribution is 8.01. The minimum absolute atomic E-state index is 0.161. The lowest BCUT2D eigenvalue weighted by molar-refractivity contribution is -0.123. The number of hydrogen-bond acceptors (Lipinski definition) is 5. The summed E-state index contributed by atoms with van der Waals surface area (Å²) in [5.74, 6) is -0.294. The Bertz CT molecular complexity index is 928. The quantitative estimate of drug-likeness (QED) is 0.763. The summed E-state index contributed by atoms with van der Waals surface area (Å²) < 4.78 is 5.32. The second-order valence-corrected chi connectivity index (χ2v) is 7.59. The second-order valence-electron chi connectivity index (χ2n) is 6.46. The number of thioether (sulfide) groups is 1. The SMILES string of the molecule is COc1ccccc1N1C(=O)[C@@H]2SCC(=O)N(c3ccc(C)cc3)[C@H]2C1=O. The van der Waals surface area contributed by atoms with Gasteiger partial charge in [-0.15, -0.1) is 11.8 Å². The van der Waals surface area contributed by atoms with Gasteiger partial charge in [-0.25, -0.2) is 4.90 Å². The van der Waals surface area contributed by atoms with E-state index >= 15 is 0 Å². The van der Waals surface area contributed by atoms with Gasteiger partial charge in [0.15, 0.2) is 0 Å². The Hall–Kier alpha value is -2.80. The molecule has 27 heavy (non-hydrogen) atoms. The zero-order valence-corrected chi connectivity index (χ0v) is 15.7. The summed E-state index contributed by atoms with van der Waals surface area (Å²) in [6, 6.07) is 13.4. The number of methoxy groups -OCH3 is 1. The smallest absolute Gasteiger partial charge is 0.258 e. The van der Waals surface area contributed by atoms with E-state index in [4.69, 9.17) is 4.74 Å². The summed E-state index contributed by atoms with van der Waals surface area (Å²) in [6.07, 6.45) is 0. The van der Waals surface area contributed by atoms with E-state index in [9.17, 15) is 14.4 Å². The molecule has 7 heteroatoms. The number of aryl methyl sites for hydroxylation is 1. The van der Waals surface area contributed by atoms with E-state index in [-0.39, 0.29) is 17.6 Å². The van der Waals surface area contributed by atoms with Crippen molar-refractivity contribution < 1.29 is 19.1 Å². The van der Waals surface area contributed by atoms with E-state index in [1.165, 1.54) is 23.8 Å². The molecule has 2 atom stereocenters. The number of hydrogen-bond donors (Lipinski definition) is 0. The number of fused-ring (bicyclic) bond motifs is 1. The van der Waals surface area contributed by atoms with Gasteiger partial charge in [0, 0.05) is 5.69 Å². The maximum absolute atomic E-state index is 13.3. The van der Waals surface area contributed by atoms with Crippen molar-refractivity contribution >= 4 is 40.9 Å². The lowest BCUT2D eigenvalue weighted by Crippen LogP contribution is -2.53. The van der Waals surface area contributed by atoms with Crippen molar-refractivity contribution in [2.45, 2.75) is 18.2 Å². The van der Waals surface area contributed by atoms with Crippen LogP contribution in [0.25, 0.3) is 0 Å². The number of nitrogens with zero attached hydrogens (tertiary/aromatic N) is 2. The summed E-state index contributed by atoms with van der Waals surface area (Å²) in [5.41, 5.74) is 2.09. The molecule has 2 heterocycles. The first-order chi connectivity index (χ1) is 13.0. The number of para-hydroxylation sites is 2. The Labute approximate surface area is 161 Å². The highest BCUT2D eigenvalue weighted by atomic mass is 32.2. The van der Waals surface area contributed by atoms with Crippen molar-refractivity contribution in [3.63, 3.8) is 0 Å². The van der Waals surface area contributed by atoms with Crippen molar-refractivity contribution in [1.82, 2.24) is 0 Å². The number of carbonyl (C=O) groups excluding carboxylic acids is 3. The Morgan fingerprint density at radius 3 is 2.41 bits per heavy atom. The third-order valence-electron chi connectivity index (χ3n) is 4.80. The Kier molecular flexibility index (Phi) is 4.39. The minimum Gasteiger partial charge on any atom is -0.495 e. The fourth-order valence-electron chi connectivity index (χ4n) is 3.49. The standard InChI is InChI=1S/C20H18N2O4S/c1-12-7-9-13(10-8-12)21-16(23)11-27-18-17(21)19(24)22(20(18)25)14-5-3-4-6-15(14)26-2/h3-10,17-18H,11H2,1-2H3/t17-,18-/m1/s1. The lowest BCUT2D eigenvalue weighted by Gasteiger charge is -2.34. The lowest BCUT2D eigenvalue weighted by atomic mass is 10.1. The number of imide groups is 1. The van der Waals surface area contributed by atoms with E-state index in [0.717, 1.165) is 10.5 Å². The fourth-order valence-corrected chi connectivity index (χ4v) is 4.62. The van der Waals surface area contributed by atoms with Crippen molar-refractivity contribution in [2.75, 3.05) is 22.7 Å². The number of anilines is 2. The largest absolute Gasteiger partial charge is 0.495 e. The van der Waals surface area contributed by atoms with Crippen LogP contribution < -0.4 is 14.5 Å². The van der Waals surface area contributed by atoms with Crippen LogP contribution in [0.15, 0.2) is 48.5 Å². The van der Waals surface area contributed by atoms with Gasteiger partial charge in [-0.05, 0) is 31.2 Å². The summed E-state index contributed by atoms with van der Waals surface area (Å²) in [7, 11) is 1.49. The van der Waals surface area contributed by atoms with Gasteiger partial charge in [-0.3, -0.25) is 19.3 Å². The number of benzene rings is 2. The molecule has 0 aliphatic carbocycles. The molecule has 2 aromatic rings. The third-order valence-corrected chi connectivity index (χ3v) is 6.03. The summed E-state index contributed by atoms with van der Waals surface area (Å²) in [5, 5.41) is -0.624. The second kappa shape index (κ2) is 6.74. The molecule has 0 spiro atoms. The molecule has 4 rings (SSSR count). The van der Waals surface area contributed by atoms with Crippen LogP contribution in [0, 0.1) is 6.92 Å². The van der Waals surface area contributed by atoms with Gasteiger partial charge in [-0.2, -0.15) is 0 Å². The zero-order valence-electron chi connectivity index (χ0n) is 14.9. The number of amides is 3. The van der Waals surface area contributed by atoms with Gasteiger partial charge in [-0.1, -0.05) is 29.8 Å². The van der Waals surface area contributed by atoms with Crippen LogP contribution >= 0.6 is 11.8 Å². The van der Waals surface area contributed by atoms with Crippen LogP contribution in [-0.2, 0) is 14.4 Å². The van der Waals surface area contributed by atoms with Gasteiger partial charge < -0.3 is 4.74 Å². The first kappa shape index (κ1) is 17.6.